The first-order valence-corrected chi connectivity index (χ1v) is 4.07. The molecule has 1 heterocycles. The van der Waals surface area contributed by atoms with E-state index in [1.54, 1.807) is 0 Å². The molecule has 1 rings (SSSR count). The van der Waals surface area contributed by atoms with Crippen LogP contribution in [0.3, 0.4) is 0 Å². The molecular weight excluding hydrogens is 194 g/mol. The fourth-order valence-corrected chi connectivity index (χ4v) is 1.12. The van der Waals surface area contributed by atoms with Crippen molar-refractivity contribution in [3.05, 3.63) is 0 Å². The maximum absolute atomic E-state index is 10.6. The van der Waals surface area contributed by atoms with E-state index in [0.29, 0.717) is 19.8 Å². The van der Waals surface area contributed by atoms with Gasteiger partial charge < -0.3 is 15.2 Å². The van der Waals surface area contributed by atoms with Crippen LogP contribution < -0.4 is 5.32 Å². The number of halogens is 1. The van der Waals surface area contributed by atoms with E-state index in [1.807, 2.05) is 13.8 Å². The molecule has 78 valence electrons. The fraction of sp³-hybridized carbons (Fsp3) is 0.875. The summed E-state index contributed by atoms with van der Waals surface area (Å²) in [5, 5.41) is 11.9. The van der Waals surface area contributed by atoms with Crippen LogP contribution in [-0.4, -0.2) is 36.4 Å². The highest BCUT2D eigenvalue weighted by molar-refractivity contribution is 5.85. The maximum atomic E-state index is 10.6. The van der Waals surface area contributed by atoms with E-state index >= 15 is 0 Å². The Morgan fingerprint density at radius 1 is 1.62 bits per heavy atom. The predicted octanol–water partition coefficient (Wildman–Crippen LogP) is 0.507. The molecule has 0 radical (unpaired) electrons. The van der Waals surface area contributed by atoms with E-state index in [4.69, 9.17) is 9.84 Å². The molecule has 1 fully saturated rings. The number of rotatable bonds is 1. The number of nitrogens with one attached hydrogen (secondary N) is 1. The molecule has 0 spiro atoms. The molecule has 0 saturated carbocycles. The minimum Gasteiger partial charge on any atom is -0.481 e. The van der Waals surface area contributed by atoms with Gasteiger partial charge >= 0.3 is 5.97 Å². The van der Waals surface area contributed by atoms with Crippen LogP contribution >= 0.6 is 12.4 Å². The molecule has 2 N–H and O–H groups in total. The SMILES string of the molecule is CC1(C)COCC(C(=O)O)CN1.Cl. The van der Waals surface area contributed by atoms with Crippen molar-refractivity contribution >= 4 is 18.4 Å². The van der Waals surface area contributed by atoms with Crippen LogP contribution in [0.4, 0.5) is 0 Å². The summed E-state index contributed by atoms with van der Waals surface area (Å²) in [6.07, 6.45) is 0. The lowest BCUT2D eigenvalue weighted by molar-refractivity contribution is -0.143. The number of carboxylic acid groups (broad SMARTS) is 1. The quantitative estimate of drug-likeness (QED) is 0.661. The lowest BCUT2D eigenvalue weighted by Crippen LogP contribution is -2.43. The molecule has 4 nitrogen and oxygen atoms in total. The minimum absolute atomic E-state index is 0. The molecule has 0 bridgehead atoms. The van der Waals surface area contributed by atoms with Crippen molar-refractivity contribution in [1.82, 2.24) is 5.32 Å². The van der Waals surface area contributed by atoms with Crippen molar-refractivity contribution in [2.24, 2.45) is 5.92 Å². The van der Waals surface area contributed by atoms with Gasteiger partial charge in [-0.25, -0.2) is 0 Å². The highest BCUT2D eigenvalue weighted by Gasteiger charge is 2.27. The molecule has 1 aliphatic heterocycles. The number of aliphatic carboxylic acids is 1. The van der Waals surface area contributed by atoms with Crippen molar-refractivity contribution in [1.29, 1.82) is 0 Å². The van der Waals surface area contributed by atoms with Crippen LogP contribution in [0.2, 0.25) is 0 Å². The van der Waals surface area contributed by atoms with E-state index in [-0.39, 0.29) is 17.9 Å². The second kappa shape index (κ2) is 4.79. The van der Waals surface area contributed by atoms with Gasteiger partial charge in [-0.05, 0) is 13.8 Å². The van der Waals surface area contributed by atoms with E-state index in [0.717, 1.165) is 0 Å². The molecule has 0 amide bonds. The Kier molecular flexibility index (Phi) is 4.67. The maximum Gasteiger partial charge on any atom is 0.310 e. The smallest absolute Gasteiger partial charge is 0.310 e. The summed E-state index contributed by atoms with van der Waals surface area (Å²) >= 11 is 0. The topological polar surface area (TPSA) is 58.6 Å². The third-order valence-electron chi connectivity index (χ3n) is 1.96. The lowest BCUT2D eigenvalue weighted by Gasteiger charge is -2.22. The molecule has 1 atom stereocenters. The average molecular weight is 210 g/mol. The van der Waals surface area contributed by atoms with Crippen molar-refractivity contribution in [2.75, 3.05) is 19.8 Å². The van der Waals surface area contributed by atoms with Crippen molar-refractivity contribution in [3.8, 4) is 0 Å². The Hall–Kier alpha value is -0.320. The van der Waals surface area contributed by atoms with Crippen molar-refractivity contribution < 1.29 is 14.6 Å². The van der Waals surface area contributed by atoms with Gasteiger partial charge in [-0.15, -0.1) is 12.4 Å². The van der Waals surface area contributed by atoms with Crippen LogP contribution in [0.1, 0.15) is 13.8 Å². The van der Waals surface area contributed by atoms with Crippen LogP contribution in [0, 0.1) is 5.92 Å². The average Bonchev–Trinajstić information content (AvgIpc) is 2.10. The molecule has 1 aliphatic rings. The lowest BCUT2D eigenvalue weighted by atomic mass is 10.1. The number of ether oxygens (including phenoxy) is 1. The Balaban J connectivity index is 0.00000144. The van der Waals surface area contributed by atoms with Gasteiger partial charge in [-0.2, -0.15) is 0 Å². The normalized spacial score (nSPS) is 27.1. The monoisotopic (exact) mass is 209 g/mol. The van der Waals surface area contributed by atoms with Crippen LogP contribution in [0.15, 0.2) is 0 Å². The predicted molar refractivity (Wildman–Crippen MR) is 51.3 cm³/mol. The molecular formula is C8H16ClNO3. The van der Waals surface area contributed by atoms with Crippen LogP contribution in [0.5, 0.6) is 0 Å². The minimum atomic E-state index is -0.791. The van der Waals surface area contributed by atoms with E-state index < -0.39 is 11.9 Å². The zero-order chi connectivity index (χ0) is 9.19. The van der Waals surface area contributed by atoms with E-state index in [9.17, 15) is 4.79 Å². The summed E-state index contributed by atoms with van der Waals surface area (Å²) < 4.78 is 5.24. The van der Waals surface area contributed by atoms with E-state index in [1.165, 1.54) is 0 Å². The summed E-state index contributed by atoms with van der Waals surface area (Å²) in [4.78, 5) is 10.6. The zero-order valence-electron chi connectivity index (χ0n) is 7.87. The third kappa shape index (κ3) is 3.93. The first-order chi connectivity index (χ1) is 5.51. The molecule has 0 aromatic carbocycles. The Morgan fingerprint density at radius 3 is 2.77 bits per heavy atom. The summed E-state index contributed by atoms with van der Waals surface area (Å²) in [5.41, 5.74) is -0.107. The Labute approximate surface area is 84.1 Å². The van der Waals surface area contributed by atoms with Gasteiger partial charge in [0.15, 0.2) is 0 Å². The number of hydrogen-bond acceptors (Lipinski definition) is 3. The second-order valence-corrected chi connectivity index (χ2v) is 3.82. The molecule has 1 saturated heterocycles. The van der Waals surface area contributed by atoms with Crippen molar-refractivity contribution in [2.45, 2.75) is 19.4 Å². The van der Waals surface area contributed by atoms with Crippen molar-refractivity contribution in [3.63, 3.8) is 0 Å². The summed E-state index contributed by atoms with van der Waals surface area (Å²) in [6, 6.07) is 0. The third-order valence-corrected chi connectivity index (χ3v) is 1.96. The molecule has 5 heteroatoms. The number of carbonyl (C=O) groups is 1. The van der Waals surface area contributed by atoms with E-state index in [2.05, 4.69) is 5.32 Å². The fourth-order valence-electron chi connectivity index (χ4n) is 1.12. The molecule has 1 unspecified atom stereocenters. The van der Waals surface area contributed by atoms with Gasteiger partial charge in [0.25, 0.3) is 0 Å². The summed E-state index contributed by atoms with van der Waals surface area (Å²) in [7, 11) is 0. The summed E-state index contributed by atoms with van der Waals surface area (Å²) in [5.74, 6) is -1.20. The van der Waals surface area contributed by atoms with Gasteiger partial charge in [-0.1, -0.05) is 0 Å². The first kappa shape index (κ1) is 12.7. The first-order valence-electron chi connectivity index (χ1n) is 4.07. The molecule has 0 aromatic rings. The molecule has 0 aromatic heterocycles. The summed E-state index contributed by atoms with van der Waals surface area (Å²) in [6.45, 7) is 5.36. The number of carboxylic acids is 1. The molecule has 13 heavy (non-hydrogen) atoms. The highest BCUT2D eigenvalue weighted by Crippen LogP contribution is 2.10. The number of hydrogen-bond donors (Lipinski definition) is 2. The molecule has 0 aliphatic carbocycles. The van der Waals surface area contributed by atoms with Gasteiger partial charge in [0.05, 0.1) is 19.1 Å². The standard InChI is InChI=1S/C8H15NO3.ClH/c1-8(2)5-12-4-6(3-9-8)7(10)11;/h6,9H,3-5H2,1-2H3,(H,10,11);1H. The zero-order valence-corrected chi connectivity index (χ0v) is 8.69. The Morgan fingerprint density at radius 2 is 2.23 bits per heavy atom. The highest BCUT2D eigenvalue weighted by atomic mass is 35.5. The van der Waals surface area contributed by atoms with Gasteiger partial charge in [0.2, 0.25) is 0 Å². The van der Waals surface area contributed by atoms with Crippen LogP contribution in [-0.2, 0) is 9.53 Å². The van der Waals surface area contributed by atoms with Gasteiger partial charge in [0.1, 0.15) is 0 Å². The van der Waals surface area contributed by atoms with Crippen LogP contribution in [0.25, 0.3) is 0 Å². The van der Waals surface area contributed by atoms with Gasteiger partial charge in [0, 0.05) is 12.1 Å². The Bertz CT molecular complexity index is 184. The largest absolute Gasteiger partial charge is 0.481 e. The second-order valence-electron chi connectivity index (χ2n) is 3.82. The van der Waals surface area contributed by atoms with Gasteiger partial charge in [-0.3, -0.25) is 4.79 Å².